The minimum atomic E-state index is -0.179. The third-order valence-electron chi connectivity index (χ3n) is 5.31. The summed E-state index contributed by atoms with van der Waals surface area (Å²) in [6.07, 6.45) is 9.04. The van der Waals surface area contributed by atoms with Crippen molar-refractivity contribution < 1.29 is 4.79 Å². The standard InChI is InChI=1S/C26H22BrN5O2/c1-3-11-32(16-20-12-22-24(13-23(20)27)30-17(2)31-26(22)34)21-8-6-19(7-9-21)25(33)29-15-18-5-4-10-28-14-18/h1,4-10,12-14H,11,15-16H2,2H3,(H,29,33)(H,30,31,34). The number of aromatic nitrogens is 3. The molecule has 7 nitrogen and oxygen atoms in total. The van der Waals surface area contributed by atoms with Crippen LogP contribution in [0, 0.1) is 19.3 Å². The first kappa shape index (κ1) is 23.2. The highest BCUT2D eigenvalue weighted by molar-refractivity contribution is 9.10. The molecule has 0 saturated heterocycles. The maximum absolute atomic E-state index is 12.5. The van der Waals surface area contributed by atoms with Gasteiger partial charge in [0.1, 0.15) is 5.82 Å². The summed E-state index contributed by atoms with van der Waals surface area (Å²) in [4.78, 5) is 38.1. The molecule has 2 N–H and O–H groups in total. The van der Waals surface area contributed by atoms with E-state index in [1.165, 1.54) is 0 Å². The van der Waals surface area contributed by atoms with E-state index in [4.69, 9.17) is 6.42 Å². The summed E-state index contributed by atoms with van der Waals surface area (Å²) in [5.74, 6) is 3.08. The van der Waals surface area contributed by atoms with E-state index in [1.807, 2.05) is 41.3 Å². The number of pyridine rings is 1. The number of carbonyl (C=O) groups excluding carboxylic acids is 1. The summed E-state index contributed by atoms with van der Waals surface area (Å²) >= 11 is 3.60. The van der Waals surface area contributed by atoms with Gasteiger partial charge in [0.2, 0.25) is 0 Å². The van der Waals surface area contributed by atoms with E-state index in [0.717, 1.165) is 21.3 Å². The summed E-state index contributed by atoms with van der Waals surface area (Å²) in [6, 6.07) is 14.7. The Kier molecular flexibility index (Phi) is 7.04. The largest absolute Gasteiger partial charge is 0.356 e. The number of aromatic amines is 1. The lowest BCUT2D eigenvalue weighted by Gasteiger charge is -2.23. The minimum Gasteiger partial charge on any atom is -0.356 e. The van der Waals surface area contributed by atoms with Crippen molar-refractivity contribution in [2.45, 2.75) is 20.0 Å². The summed E-state index contributed by atoms with van der Waals surface area (Å²) in [6.45, 7) is 2.99. The molecular formula is C26H22BrN5O2. The third kappa shape index (κ3) is 5.33. The maximum atomic E-state index is 12.5. The molecule has 0 aliphatic heterocycles. The lowest BCUT2D eigenvalue weighted by atomic mass is 10.1. The molecule has 0 radical (unpaired) electrons. The van der Waals surface area contributed by atoms with E-state index < -0.39 is 0 Å². The van der Waals surface area contributed by atoms with E-state index in [1.54, 1.807) is 31.5 Å². The van der Waals surface area contributed by atoms with E-state index in [2.05, 4.69) is 42.1 Å². The van der Waals surface area contributed by atoms with Crippen LogP contribution in [0.5, 0.6) is 0 Å². The number of benzene rings is 2. The highest BCUT2D eigenvalue weighted by Gasteiger charge is 2.13. The van der Waals surface area contributed by atoms with Gasteiger partial charge < -0.3 is 15.2 Å². The van der Waals surface area contributed by atoms with Gasteiger partial charge in [0.15, 0.2) is 0 Å². The van der Waals surface area contributed by atoms with E-state index >= 15 is 0 Å². The molecule has 0 aliphatic rings. The normalized spacial score (nSPS) is 10.6. The second kappa shape index (κ2) is 10.3. The Morgan fingerprint density at radius 3 is 2.74 bits per heavy atom. The average molecular weight is 516 g/mol. The van der Waals surface area contributed by atoms with E-state index in [-0.39, 0.29) is 11.5 Å². The van der Waals surface area contributed by atoms with Gasteiger partial charge in [0.05, 0.1) is 17.4 Å². The van der Waals surface area contributed by atoms with Gasteiger partial charge in [-0.25, -0.2) is 4.98 Å². The first-order valence-corrected chi connectivity index (χ1v) is 11.4. The number of fused-ring (bicyclic) bond motifs is 1. The summed E-state index contributed by atoms with van der Waals surface area (Å²) < 4.78 is 0.839. The van der Waals surface area contributed by atoms with Crippen LogP contribution in [0.2, 0.25) is 0 Å². The minimum absolute atomic E-state index is 0.168. The Bertz CT molecular complexity index is 1430. The van der Waals surface area contributed by atoms with Crippen molar-refractivity contribution in [3.8, 4) is 12.3 Å². The summed E-state index contributed by atoms with van der Waals surface area (Å²) in [5.41, 5.74) is 3.69. The van der Waals surface area contributed by atoms with Crippen LogP contribution in [0.1, 0.15) is 27.3 Å². The predicted octanol–water partition coefficient (Wildman–Crippen LogP) is 3.96. The lowest BCUT2D eigenvalue weighted by Crippen LogP contribution is -2.25. The Labute approximate surface area is 205 Å². The SMILES string of the molecule is C#CCN(Cc1cc2c(=O)[nH]c(C)nc2cc1Br)c1ccc(C(=O)NCc2cccnc2)cc1. The second-order valence-corrected chi connectivity index (χ2v) is 8.62. The number of hydrogen-bond donors (Lipinski definition) is 2. The van der Waals surface area contributed by atoms with Crippen LogP contribution in [0.3, 0.4) is 0 Å². The van der Waals surface area contributed by atoms with Crippen molar-refractivity contribution in [3.05, 3.63) is 98.3 Å². The van der Waals surface area contributed by atoms with Crippen LogP contribution in [0.25, 0.3) is 10.9 Å². The van der Waals surface area contributed by atoms with Crippen molar-refractivity contribution in [3.63, 3.8) is 0 Å². The molecule has 170 valence electrons. The Balaban J connectivity index is 1.52. The second-order valence-electron chi connectivity index (χ2n) is 7.76. The van der Waals surface area contributed by atoms with Gasteiger partial charge in [0, 0.05) is 41.2 Å². The number of nitrogens with zero attached hydrogens (tertiary/aromatic N) is 3. The van der Waals surface area contributed by atoms with E-state index in [9.17, 15) is 9.59 Å². The number of anilines is 1. The average Bonchev–Trinajstić information content (AvgIpc) is 2.83. The molecule has 4 rings (SSSR count). The highest BCUT2D eigenvalue weighted by Crippen LogP contribution is 2.25. The van der Waals surface area contributed by atoms with Crippen LogP contribution in [-0.2, 0) is 13.1 Å². The van der Waals surface area contributed by atoms with Gasteiger partial charge in [-0.15, -0.1) is 6.42 Å². The first-order valence-electron chi connectivity index (χ1n) is 10.6. The number of nitrogens with one attached hydrogen (secondary N) is 2. The number of terminal acetylenes is 1. The number of hydrogen-bond acceptors (Lipinski definition) is 5. The van der Waals surface area contributed by atoms with Gasteiger partial charge in [-0.2, -0.15) is 0 Å². The van der Waals surface area contributed by atoms with Crippen LogP contribution in [0.15, 0.2) is 70.2 Å². The third-order valence-corrected chi connectivity index (χ3v) is 6.04. The molecule has 0 aliphatic carbocycles. The fraction of sp³-hybridized carbons (Fsp3) is 0.154. The van der Waals surface area contributed by atoms with Gasteiger partial charge in [-0.05, 0) is 60.5 Å². The number of carbonyl (C=O) groups is 1. The molecule has 0 fully saturated rings. The van der Waals surface area contributed by atoms with Crippen LogP contribution >= 0.6 is 15.9 Å². The Hall–Kier alpha value is -3.96. The molecule has 2 aromatic heterocycles. The monoisotopic (exact) mass is 515 g/mol. The first-order chi connectivity index (χ1) is 16.4. The topological polar surface area (TPSA) is 91.0 Å². The zero-order valence-electron chi connectivity index (χ0n) is 18.5. The quantitative estimate of drug-likeness (QED) is 0.363. The molecule has 34 heavy (non-hydrogen) atoms. The molecule has 0 unspecified atom stereocenters. The fourth-order valence-electron chi connectivity index (χ4n) is 3.61. The van der Waals surface area contributed by atoms with Gasteiger partial charge in [-0.3, -0.25) is 14.6 Å². The van der Waals surface area contributed by atoms with Crippen molar-refractivity contribution in [1.29, 1.82) is 0 Å². The smallest absolute Gasteiger partial charge is 0.258 e. The molecule has 4 aromatic rings. The predicted molar refractivity (Wildman–Crippen MR) is 137 cm³/mol. The molecular weight excluding hydrogens is 494 g/mol. The van der Waals surface area contributed by atoms with Gasteiger partial charge in [0.25, 0.3) is 11.5 Å². The van der Waals surface area contributed by atoms with Crippen molar-refractivity contribution in [2.24, 2.45) is 0 Å². The highest BCUT2D eigenvalue weighted by atomic mass is 79.9. The molecule has 2 heterocycles. The molecule has 1 amide bonds. The fourth-order valence-corrected chi connectivity index (χ4v) is 4.07. The number of aryl methyl sites for hydroxylation is 1. The molecule has 0 saturated carbocycles. The summed E-state index contributed by atoms with van der Waals surface area (Å²) in [7, 11) is 0. The molecule has 0 atom stereocenters. The van der Waals surface area contributed by atoms with Gasteiger partial charge in [-0.1, -0.05) is 27.9 Å². The zero-order valence-corrected chi connectivity index (χ0v) is 20.1. The van der Waals surface area contributed by atoms with Crippen LogP contribution in [-0.4, -0.2) is 27.4 Å². The number of rotatable bonds is 7. The van der Waals surface area contributed by atoms with Crippen LogP contribution in [0.4, 0.5) is 5.69 Å². The lowest BCUT2D eigenvalue weighted by molar-refractivity contribution is 0.0951. The maximum Gasteiger partial charge on any atom is 0.258 e. The van der Waals surface area contributed by atoms with Crippen molar-refractivity contribution in [1.82, 2.24) is 20.3 Å². The van der Waals surface area contributed by atoms with Crippen LogP contribution < -0.4 is 15.8 Å². The van der Waals surface area contributed by atoms with Gasteiger partial charge >= 0.3 is 0 Å². The molecule has 2 aromatic carbocycles. The van der Waals surface area contributed by atoms with Crippen molar-refractivity contribution in [2.75, 3.05) is 11.4 Å². The molecule has 8 heteroatoms. The summed E-state index contributed by atoms with van der Waals surface area (Å²) in [5, 5.41) is 3.41. The number of amides is 1. The number of halogens is 1. The van der Waals surface area contributed by atoms with Crippen molar-refractivity contribution >= 4 is 38.4 Å². The van der Waals surface area contributed by atoms with E-state index in [0.29, 0.717) is 41.9 Å². The molecule has 0 bridgehead atoms. The molecule has 0 spiro atoms. The number of H-pyrrole nitrogens is 1. The Morgan fingerprint density at radius 2 is 2.03 bits per heavy atom. The zero-order chi connectivity index (χ0) is 24.1. The Morgan fingerprint density at radius 1 is 1.24 bits per heavy atom.